The average Bonchev–Trinajstić information content (AvgIpc) is 2.59. The number of rotatable bonds is 7. The first-order valence-corrected chi connectivity index (χ1v) is 7.96. The molecule has 24 heavy (non-hydrogen) atoms. The summed E-state index contributed by atoms with van der Waals surface area (Å²) in [4.78, 5) is 20.5. The SMILES string of the molecule is COc1cccc(OCCNC(=O)c2nc(C(C)C)ncc2Cl)c1. The number of hydrogen-bond acceptors (Lipinski definition) is 5. The molecule has 1 amide bonds. The van der Waals surface area contributed by atoms with Gasteiger partial charge in [-0.2, -0.15) is 0 Å². The first kappa shape index (κ1) is 18.0. The Morgan fingerprint density at radius 1 is 1.33 bits per heavy atom. The van der Waals surface area contributed by atoms with Crippen LogP contribution in [0.1, 0.15) is 36.1 Å². The Morgan fingerprint density at radius 3 is 2.79 bits per heavy atom. The van der Waals surface area contributed by atoms with Gasteiger partial charge in [0, 0.05) is 12.0 Å². The van der Waals surface area contributed by atoms with Crippen LogP contribution < -0.4 is 14.8 Å². The van der Waals surface area contributed by atoms with E-state index < -0.39 is 0 Å². The van der Waals surface area contributed by atoms with Crippen molar-refractivity contribution in [1.29, 1.82) is 0 Å². The van der Waals surface area contributed by atoms with Crippen molar-refractivity contribution < 1.29 is 14.3 Å². The fourth-order valence-electron chi connectivity index (χ4n) is 1.93. The predicted octanol–water partition coefficient (Wildman–Crippen LogP) is 3.07. The van der Waals surface area contributed by atoms with Crippen molar-refractivity contribution in [3.63, 3.8) is 0 Å². The van der Waals surface area contributed by atoms with Crippen LogP contribution in [0.5, 0.6) is 11.5 Å². The molecule has 0 bridgehead atoms. The summed E-state index contributed by atoms with van der Waals surface area (Å²) in [6, 6.07) is 7.26. The summed E-state index contributed by atoms with van der Waals surface area (Å²) in [7, 11) is 1.59. The summed E-state index contributed by atoms with van der Waals surface area (Å²) < 4.78 is 10.7. The molecule has 0 saturated heterocycles. The van der Waals surface area contributed by atoms with Gasteiger partial charge in [-0.05, 0) is 12.1 Å². The van der Waals surface area contributed by atoms with Gasteiger partial charge in [0.25, 0.3) is 5.91 Å². The third-order valence-corrected chi connectivity index (χ3v) is 3.47. The first-order chi connectivity index (χ1) is 11.5. The molecule has 6 nitrogen and oxygen atoms in total. The second-order valence-corrected chi connectivity index (χ2v) is 5.77. The highest BCUT2D eigenvalue weighted by Crippen LogP contribution is 2.19. The van der Waals surface area contributed by atoms with E-state index in [1.807, 2.05) is 32.0 Å². The normalized spacial score (nSPS) is 10.5. The zero-order valence-electron chi connectivity index (χ0n) is 13.9. The molecule has 1 aromatic heterocycles. The molecule has 1 aromatic carbocycles. The predicted molar refractivity (Wildman–Crippen MR) is 92.0 cm³/mol. The molecule has 0 unspecified atom stereocenters. The third kappa shape index (κ3) is 4.83. The van der Waals surface area contributed by atoms with Gasteiger partial charge < -0.3 is 14.8 Å². The van der Waals surface area contributed by atoms with Gasteiger partial charge in [-0.15, -0.1) is 0 Å². The second kappa shape index (κ2) is 8.49. The molecule has 0 aliphatic heterocycles. The van der Waals surface area contributed by atoms with Crippen LogP contribution in [-0.4, -0.2) is 36.1 Å². The molecule has 0 spiro atoms. The first-order valence-electron chi connectivity index (χ1n) is 7.58. The van der Waals surface area contributed by atoms with Crippen LogP contribution in [0.3, 0.4) is 0 Å². The van der Waals surface area contributed by atoms with Gasteiger partial charge in [0.2, 0.25) is 0 Å². The van der Waals surface area contributed by atoms with Gasteiger partial charge in [-0.3, -0.25) is 4.79 Å². The van der Waals surface area contributed by atoms with Crippen molar-refractivity contribution in [3.8, 4) is 11.5 Å². The Bertz CT molecular complexity index is 707. The summed E-state index contributed by atoms with van der Waals surface area (Å²) in [6.45, 7) is 4.55. The molecule has 2 rings (SSSR count). The maximum Gasteiger partial charge on any atom is 0.271 e. The van der Waals surface area contributed by atoms with E-state index in [0.29, 0.717) is 30.5 Å². The number of nitrogens with zero attached hydrogens (tertiary/aromatic N) is 2. The largest absolute Gasteiger partial charge is 0.497 e. The highest BCUT2D eigenvalue weighted by Gasteiger charge is 2.15. The Hall–Kier alpha value is -2.34. The summed E-state index contributed by atoms with van der Waals surface area (Å²) in [5.74, 6) is 1.73. The maximum absolute atomic E-state index is 12.2. The van der Waals surface area contributed by atoms with Crippen LogP contribution in [-0.2, 0) is 0 Å². The van der Waals surface area contributed by atoms with Crippen LogP contribution in [0.15, 0.2) is 30.5 Å². The monoisotopic (exact) mass is 349 g/mol. The number of aromatic nitrogens is 2. The minimum absolute atomic E-state index is 0.116. The van der Waals surface area contributed by atoms with Crippen LogP contribution in [0.25, 0.3) is 0 Å². The fraction of sp³-hybridized carbons (Fsp3) is 0.353. The summed E-state index contributed by atoms with van der Waals surface area (Å²) in [5, 5.41) is 2.96. The van der Waals surface area contributed by atoms with Crippen molar-refractivity contribution in [2.45, 2.75) is 19.8 Å². The van der Waals surface area contributed by atoms with Gasteiger partial charge in [0.05, 0.1) is 24.9 Å². The number of ether oxygens (including phenoxy) is 2. The number of carbonyl (C=O) groups excluding carboxylic acids is 1. The molecular weight excluding hydrogens is 330 g/mol. The van der Waals surface area contributed by atoms with E-state index in [4.69, 9.17) is 21.1 Å². The lowest BCUT2D eigenvalue weighted by atomic mass is 10.2. The van der Waals surface area contributed by atoms with Crippen LogP contribution in [0, 0.1) is 0 Å². The van der Waals surface area contributed by atoms with E-state index in [0.717, 1.165) is 0 Å². The summed E-state index contributed by atoms with van der Waals surface area (Å²) in [5.41, 5.74) is 0.178. The summed E-state index contributed by atoms with van der Waals surface area (Å²) in [6.07, 6.45) is 1.45. The molecule has 1 heterocycles. The van der Waals surface area contributed by atoms with Crippen molar-refractivity contribution >= 4 is 17.5 Å². The highest BCUT2D eigenvalue weighted by atomic mass is 35.5. The van der Waals surface area contributed by atoms with Gasteiger partial charge in [-0.25, -0.2) is 9.97 Å². The standard InChI is InChI=1S/C17H20ClN3O3/c1-11(2)16-20-10-14(18)15(21-16)17(22)19-7-8-24-13-6-4-5-12(9-13)23-3/h4-6,9-11H,7-8H2,1-3H3,(H,19,22). The number of methoxy groups -OCH3 is 1. The van der Waals surface area contributed by atoms with Gasteiger partial charge >= 0.3 is 0 Å². The molecule has 0 aliphatic carbocycles. The topological polar surface area (TPSA) is 73.3 Å². The van der Waals surface area contributed by atoms with E-state index in [-0.39, 0.29) is 22.5 Å². The number of nitrogens with one attached hydrogen (secondary N) is 1. The summed E-state index contributed by atoms with van der Waals surface area (Å²) >= 11 is 6.01. The lowest BCUT2D eigenvalue weighted by Crippen LogP contribution is -2.29. The van der Waals surface area contributed by atoms with Gasteiger partial charge in [0.15, 0.2) is 0 Å². The molecule has 2 aromatic rings. The van der Waals surface area contributed by atoms with Crippen LogP contribution >= 0.6 is 11.6 Å². The fourth-order valence-corrected chi connectivity index (χ4v) is 2.10. The Kier molecular flexibility index (Phi) is 6.37. The van der Waals surface area contributed by atoms with E-state index in [2.05, 4.69) is 15.3 Å². The number of carbonyl (C=O) groups is 1. The Balaban J connectivity index is 1.88. The quantitative estimate of drug-likeness (QED) is 0.778. The smallest absolute Gasteiger partial charge is 0.271 e. The van der Waals surface area contributed by atoms with Crippen LogP contribution in [0.2, 0.25) is 5.02 Å². The molecule has 128 valence electrons. The molecule has 7 heteroatoms. The Labute approximate surface area is 146 Å². The van der Waals surface area contributed by atoms with Gasteiger partial charge in [-0.1, -0.05) is 31.5 Å². The third-order valence-electron chi connectivity index (χ3n) is 3.19. The second-order valence-electron chi connectivity index (χ2n) is 5.36. The number of benzene rings is 1. The number of amides is 1. The van der Waals surface area contributed by atoms with Gasteiger partial charge in [0.1, 0.15) is 29.6 Å². The zero-order valence-corrected chi connectivity index (χ0v) is 14.6. The lowest BCUT2D eigenvalue weighted by molar-refractivity contribution is 0.0941. The van der Waals surface area contributed by atoms with Crippen molar-refractivity contribution in [2.75, 3.05) is 20.3 Å². The minimum Gasteiger partial charge on any atom is -0.497 e. The molecule has 0 aliphatic rings. The number of halogens is 1. The molecule has 0 atom stereocenters. The molecule has 0 fully saturated rings. The van der Waals surface area contributed by atoms with E-state index in [1.54, 1.807) is 13.2 Å². The zero-order chi connectivity index (χ0) is 17.5. The Morgan fingerprint density at radius 2 is 2.08 bits per heavy atom. The van der Waals surface area contributed by atoms with E-state index >= 15 is 0 Å². The van der Waals surface area contributed by atoms with Crippen molar-refractivity contribution in [1.82, 2.24) is 15.3 Å². The lowest BCUT2D eigenvalue weighted by Gasteiger charge is -2.10. The van der Waals surface area contributed by atoms with E-state index in [9.17, 15) is 4.79 Å². The van der Waals surface area contributed by atoms with Crippen molar-refractivity contribution in [2.24, 2.45) is 0 Å². The minimum atomic E-state index is -0.349. The highest BCUT2D eigenvalue weighted by molar-refractivity contribution is 6.33. The average molecular weight is 350 g/mol. The molecule has 0 radical (unpaired) electrons. The molecule has 1 N–H and O–H groups in total. The number of hydrogen-bond donors (Lipinski definition) is 1. The van der Waals surface area contributed by atoms with Crippen LogP contribution in [0.4, 0.5) is 0 Å². The molecule has 0 saturated carbocycles. The van der Waals surface area contributed by atoms with E-state index in [1.165, 1.54) is 6.20 Å². The molecular formula is C17H20ClN3O3. The van der Waals surface area contributed by atoms with Crippen molar-refractivity contribution in [3.05, 3.63) is 47.0 Å². The maximum atomic E-state index is 12.2.